The molecule has 94 valence electrons. The molecule has 4 N–H and O–H groups in total. The lowest BCUT2D eigenvalue weighted by atomic mass is 9.87. The topological polar surface area (TPSA) is 98.0 Å². The summed E-state index contributed by atoms with van der Waals surface area (Å²) in [5.74, 6) is -0.350. The highest BCUT2D eigenvalue weighted by molar-refractivity contribution is 6.45. The van der Waals surface area contributed by atoms with Crippen molar-refractivity contribution in [1.29, 1.82) is 10.7 Å². The molecule has 0 spiro atoms. The van der Waals surface area contributed by atoms with Gasteiger partial charge < -0.3 is 5.73 Å². The van der Waals surface area contributed by atoms with E-state index in [2.05, 4.69) is 31.3 Å². The number of hydrazone groups is 1. The van der Waals surface area contributed by atoms with Crippen molar-refractivity contribution in [1.82, 2.24) is 0 Å². The molecule has 5 nitrogen and oxygen atoms in total. The summed E-state index contributed by atoms with van der Waals surface area (Å²) in [7, 11) is 0. The molecule has 5 heteroatoms. The Morgan fingerprint density at radius 3 is 2.61 bits per heavy atom. The van der Waals surface area contributed by atoms with Gasteiger partial charge in [-0.2, -0.15) is 10.4 Å². The van der Waals surface area contributed by atoms with Gasteiger partial charge in [0, 0.05) is 0 Å². The molecular formula is C13H17N5. The van der Waals surface area contributed by atoms with E-state index in [1.807, 2.05) is 24.3 Å². The Morgan fingerprint density at radius 2 is 2.11 bits per heavy atom. The first-order valence-electron chi connectivity index (χ1n) is 5.53. The van der Waals surface area contributed by atoms with Crippen molar-refractivity contribution in [2.75, 3.05) is 5.43 Å². The van der Waals surface area contributed by atoms with E-state index in [1.165, 1.54) is 0 Å². The number of hydrogen-bond donors (Lipinski definition) is 3. The lowest BCUT2D eigenvalue weighted by Crippen LogP contribution is -2.21. The monoisotopic (exact) mass is 243 g/mol. The molecule has 0 aliphatic rings. The van der Waals surface area contributed by atoms with Crippen LogP contribution in [-0.2, 0) is 5.41 Å². The van der Waals surface area contributed by atoms with Gasteiger partial charge in [0.2, 0.25) is 5.71 Å². The second-order valence-corrected chi connectivity index (χ2v) is 4.93. The van der Waals surface area contributed by atoms with Crippen LogP contribution >= 0.6 is 0 Å². The number of benzene rings is 1. The van der Waals surface area contributed by atoms with Crippen LogP contribution in [0, 0.1) is 16.7 Å². The predicted octanol–water partition coefficient (Wildman–Crippen LogP) is 2.21. The third kappa shape index (κ3) is 3.59. The summed E-state index contributed by atoms with van der Waals surface area (Å²) >= 11 is 0. The first kappa shape index (κ1) is 13.7. The van der Waals surface area contributed by atoms with Crippen LogP contribution in [-0.4, -0.2) is 11.5 Å². The number of anilines is 1. The fraction of sp³-hybridized carbons (Fsp3) is 0.308. The molecule has 0 unspecified atom stereocenters. The molecule has 0 bridgehead atoms. The fourth-order valence-corrected chi connectivity index (χ4v) is 1.32. The van der Waals surface area contributed by atoms with Crippen LogP contribution in [0.5, 0.6) is 0 Å². The van der Waals surface area contributed by atoms with Crippen molar-refractivity contribution in [3.05, 3.63) is 29.8 Å². The minimum atomic E-state index is -0.350. The van der Waals surface area contributed by atoms with Crippen molar-refractivity contribution in [3.8, 4) is 6.07 Å². The van der Waals surface area contributed by atoms with Crippen molar-refractivity contribution in [3.63, 3.8) is 0 Å². The molecule has 0 aromatic heterocycles. The van der Waals surface area contributed by atoms with E-state index in [0.29, 0.717) is 0 Å². The largest absolute Gasteiger partial charge is 0.382 e. The van der Waals surface area contributed by atoms with Crippen LogP contribution in [0.3, 0.4) is 0 Å². The first-order valence-corrected chi connectivity index (χ1v) is 5.53. The van der Waals surface area contributed by atoms with Gasteiger partial charge in [-0.3, -0.25) is 10.8 Å². The van der Waals surface area contributed by atoms with Crippen molar-refractivity contribution in [2.24, 2.45) is 10.8 Å². The maximum absolute atomic E-state index is 8.72. The molecule has 18 heavy (non-hydrogen) atoms. The normalized spacial score (nSPS) is 11.8. The van der Waals surface area contributed by atoms with Crippen molar-refractivity contribution < 1.29 is 0 Å². The Kier molecular flexibility index (Phi) is 4.05. The van der Waals surface area contributed by atoms with Gasteiger partial charge in [-0.25, -0.2) is 0 Å². The van der Waals surface area contributed by atoms with E-state index in [9.17, 15) is 0 Å². The van der Waals surface area contributed by atoms with Crippen LogP contribution < -0.4 is 11.2 Å². The minimum absolute atomic E-state index is 0.0417. The van der Waals surface area contributed by atoms with Gasteiger partial charge in [-0.05, 0) is 23.1 Å². The van der Waals surface area contributed by atoms with Gasteiger partial charge in [-0.1, -0.05) is 32.9 Å². The Labute approximate surface area is 107 Å². The molecule has 0 aliphatic heterocycles. The summed E-state index contributed by atoms with van der Waals surface area (Å²) in [4.78, 5) is 0. The quantitative estimate of drug-likeness (QED) is 0.431. The third-order valence-corrected chi connectivity index (χ3v) is 2.39. The number of nitrogens with two attached hydrogens (primary N) is 1. The van der Waals surface area contributed by atoms with Crippen molar-refractivity contribution >= 4 is 17.2 Å². The summed E-state index contributed by atoms with van der Waals surface area (Å²) < 4.78 is 0. The molecule has 0 radical (unpaired) electrons. The summed E-state index contributed by atoms with van der Waals surface area (Å²) in [6.07, 6.45) is 0. The van der Waals surface area contributed by atoms with E-state index in [1.54, 1.807) is 6.07 Å². The molecule has 0 fully saturated rings. The van der Waals surface area contributed by atoms with Crippen LogP contribution in [0.1, 0.15) is 26.3 Å². The molecule has 0 aliphatic carbocycles. The number of amidine groups is 1. The highest BCUT2D eigenvalue weighted by Crippen LogP contribution is 2.24. The predicted molar refractivity (Wildman–Crippen MR) is 73.7 cm³/mol. The molecule has 1 aromatic rings. The molecule has 0 atom stereocenters. The zero-order valence-corrected chi connectivity index (χ0v) is 10.8. The highest BCUT2D eigenvalue weighted by atomic mass is 15.3. The standard InChI is InChI=1S/C13H17N5/c1-13(2,3)9-5-4-6-10(7-9)17-18-11(8-14)12(15)16/h4-7,17H,1-3H3,(H3,15,16)/b18-11+. The van der Waals surface area contributed by atoms with Gasteiger partial charge in [0.05, 0.1) is 5.69 Å². The first-order chi connectivity index (χ1) is 8.34. The van der Waals surface area contributed by atoms with E-state index in [4.69, 9.17) is 16.4 Å². The van der Waals surface area contributed by atoms with Gasteiger partial charge in [0.25, 0.3) is 0 Å². The Morgan fingerprint density at radius 1 is 1.44 bits per heavy atom. The van der Waals surface area contributed by atoms with E-state index in [-0.39, 0.29) is 17.0 Å². The smallest absolute Gasteiger partial charge is 0.201 e. The third-order valence-electron chi connectivity index (χ3n) is 2.39. The number of nitriles is 1. The second-order valence-electron chi connectivity index (χ2n) is 4.93. The van der Waals surface area contributed by atoms with E-state index >= 15 is 0 Å². The Bertz CT molecular complexity index is 517. The van der Waals surface area contributed by atoms with Crippen LogP contribution in [0.15, 0.2) is 29.4 Å². The maximum Gasteiger partial charge on any atom is 0.201 e. The number of nitrogens with one attached hydrogen (secondary N) is 2. The second kappa shape index (κ2) is 5.32. The van der Waals surface area contributed by atoms with Crippen molar-refractivity contribution in [2.45, 2.75) is 26.2 Å². The molecule has 1 aromatic carbocycles. The van der Waals surface area contributed by atoms with Crippen LogP contribution in [0.4, 0.5) is 5.69 Å². The van der Waals surface area contributed by atoms with Crippen LogP contribution in [0.2, 0.25) is 0 Å². The van der Waals surface area contributed by atoms with E-state index in [0.717, 1.165) is 11.3 Å². The molecule has 0 saturated heterocycles. The minimum Gasteiger partial charge on any atom is -0.382 e. The summed E-state index contributed by atoms with van der Waals surface area (Å²) in [5.41, 5.74) is 9.76. The fourth-order valence-electron chi connectivity index (χ4n) is 1.32. The number of nitrogens with zero attached hydrogens (tertiary/aromatic N) is 2. The Hall–Kier alpha value is -2.35. The average molecular weight is 243 g/mol. The zero-order valence-electron chi connectivity index (χ0n) is 10.8. The van der Waals surface area contributed by atoms with E-state index < -0.39 is 0 Å². The van der Waals surface area contributed by atoms with Gasteiger partial charge in [-0.15, -0.1) is 0 Å². The van der Waals surface area contributed by atoms with Gasteiger partial charge in [0.1, 0.15) is 6.07 Å². The average Bonchev–Trinajstić information content (AvgIpc) is 2.28. The molecular weight excluding hydrogens is 226 g/mol. The number of rotatable bonds is 3. The zero-order chi connectivity index (χ0) is 13.8. The number of hydrogen-bond acceptors (Lipinski definition) is 4. The molecule has 0 amide bonds. The lowest BCUT2D eigenvalue weighted by molar-refractivity contribution is 0.590. The van der Waals surface area contributed by atoms with Crippen LogP contribution in [0.25, 0.3) is 0 Å². The summed E-state index contributed by atoms with van der Waals surface area (Å²) in [6.45, 7) is 6.35. The highest BCUT2D eigenvalue weighted by Gasteiger charge is 2.13. The maximum atomic E-state index is 8.72. The van der Waals surface area contributed by atoms with Gasteiger partial charge >= 0.3 is 0 Å². The van der Waals surface area contributed by atoms with Gasteiger partial charge in [0.15, 0.2) is 5.84 Å². The Balaban J connectivity index is 2.94. The molecule has 0 heterocycles. The molecule has 0 saturated carbocycles. The molecule has 1 rings (SSSR count). The SMILES string of the molecule is CC(C)(C)c1cccc(N/N=C(\C#N)C(=N)N)c1. The lowest BCUT2D eigenvalue weighted by Gasteiger charge is -2.19. The summed E-state index contributed by atoms with van der Waals surface area (Å²) in [5, 5.41) is 19.7. The summed E-state index contributed by atoms with van der Waals surface area (Å²) in [6, 6.07) is 9.50.